The predicted molar refractivity (Wildman–Crippen MR) is 106 cm³/mol. The number of nitrogens with one attached hydrogen (secondary N) is 1. The van der Waals surface area contributed by atoms with Crippen molar-refractivity contribution < 1.29 is 14.3 Å². The Morgan fingerprint density at radius 2 is 2.04 bits per heavy atom. The van der Waals surface area contributed by atoms with Crippen LogP contribution in [-0.2, 0) is 9.53 Å². The van der Waals surface area contributed by atoms with Crippen molar-refractivity contribution in [1.82, 2.24) is 15.1 Å². The predicted octanol–water partition coefficient (Wildman–Crippen LogP) is 3.36. The number of carbonyl (C=O) groups excluding carboxylic acids is 2. The molecule has 0 aromatic heterocycles. The minimum Gasteiger partial charge on any atom is -0.463 e. The van der Waals surface area contributed by atoms with Crippen LogP contribution in [-0.4, -0.2) is 55.1 Å². The molecule has 1 aliphatic rings. The van der Waals surface area contributed by atoms with E-state index in [-0.39, 0.29) is 12.6 Å². The lowest BCUT2D eigenvalue weighted by Crippen LogP contribution is -2.50. The molecule has 0 bridgehead atoms. The Morgan fingerprint density at radius 1 is 1.37 bits per heavy atom. The molecule has 2 rings (SSSR count). The second-order valence-corrected chi connectivity index (χ2v) is 6.68. The van der Waals surface area contributed by atoms with E-state index >= 15 is 0 Å². The van der Waals surface area contributed by atoms with Crippen LogP contribution in [0.2, 0.25) is 5.02 Å². The number of halogens is 1. The maximum atomic E-state index is 12.9. The number of nitrogens with zero attached hydrogens (tertiary/aromatic N) is 2. The summed E-state index contributed by atoms with van der Waals surface area (Å²) in [7, 11) is 1.94. The number of benzene rings is 1. The summed E-state index contributed by atoms with van der Waals surface area (Å²) in [4.78, 5) is 29.2. The summed E-state index contributed by atoms with van der Waals surface area (Å²) in [6.45, 7) is 9.27. The summed E-state index contributed by atoms with van der Waals surface area (Å²) < 4.78 is 5.32. The molecule has 1 heterocycles. The van der Waals surface area contributed by atoms with E-state index in [1.165, 1.54) is 4.90 Å². The largest absolute Gasteiger partial charge is 0.463 e. The van der Waals surface area contributed by atoms with Crippen molar-refractivity contribution in [1.29, 1.82) is 0 Å². The number of likely N-dealkylation sites (N-methyl/N-ethyl adjacent to an activating group) is 1. The van der Waals surface area contributed by atoms with E-state index in [0.717, 1.165) is 12.1 Å². The highest BCUT2D eigenvalue weighted by molar-refractivity contribution is 6.30. The van der Waals surface area contributed by atoms with E-state index < -0.39 is 12.0 Å². The first-order valence-corrected chi connectivity index (χ1v) is 9.33. The minimum atomic E-state index is -0.602. The fourth-order valence-corrected chi connectivity index (χ4v) is 3.04. The SMILES string of the molecule is C=CCN1C(=O)NC(c2ccc(Cl)cc2)C(C(=O)OCC)=C1CN(C)CC. The van der Waals surface area contributed by atoms with E-state index in [1.54, 1.807) is 37.3 Å². The molecular weight excluding hydrogens is 366 g/mol. The average molecular weight is 392 g/mol. The smallest absolute Gasteiger partial charge is 0.338 e. The third-order valence-electron chi connectivity index (χ3n) is 4.41. The first-order chi connectivity index (χ1) is 12.9. The zero-order valence-electron chi connectivity index (χ0n) is 16.0. The standard InChI is InChI=1S/C20H26ClN3O3/c1-5-12-24-16(13-23(4)6-2)17(19(25)27-7-3)18(22-20(24)26)14-8-10-15(21)11-9-14/h5,8-11,18H,1,6-7,12-13H2,2-4H3,(H,22,26). The first-order valence-electron chi connectivity index (χ1n) is 8.95. The van der Waals surface area contributed by atoms with Crippen LogP contribution in [0.25, 0.3) is 0 Å². The highest BCUT2D eigenvalue weighted by Crippen LogP contribution is 2.32. The number of esters is 1. The van der Waals surface area contributed by atoms with Gasteiger partial charge in [-0.2, -0.15) is 0 Å². The Balaban J connectivity index is 2.62. The molecule has 6 nitrogen and oxygen atoms in total. The van der Waals surface area contributed by atoms with E-state index in [2.05, 4.69) is 11.9 Å². The van der Waals surface area contributed by atoms with Crippen molar-refractivity contribution in [2.75, 3.05) is 33.3 Å². The Labute approximate surface area is 165 Å². The molecule has 0 aliphatic carbocycles. The molecule has 0 fully saturated rings. The highest BCUT2D eigenvalue weighted by atomic mass is 35.5. The van der Waals surface area contributed by atoms with Gasteiger partial charge in [-0.15, -0.1) is 6.58 Å². The lowest BCUT2D eigenvalue weighted by molar-refractivity contribution is -0.139. The van der Waals surface area contributed by atoms with Crippen LogP contribution in [0.4, 0.5) is 4.79 Å². The van der Waals surface area contributed by atoms with E-state index in [9.17, 15) is 9.59 Å². The zero-order valence-corrected chi connectivity index (χ0v) is 16.8. The van der Waals surface area contributed by atoms with Gasteiger partial charge in [-0.25, -0.2) is 9.59 Å². The van der Waals surface area contributed by atoms with Crippen LogP contribution in [0, 0.1) is 0 Å². The summed E-state index contributed by atoms with van der Waals surface area (Å²) in [5.41, 5.74) is 1.83. The number of hydrogen-bond acceptors (Lipinski definition) is 4. The molecule has 1 aromatic carbocycles. The molecule has 1 N–H and O–H groups in total. The maximum Gasteiger partial charge on any atom is 0.338 e. The van der Waals surface area contributed by atoms with Crippen LogP contribution >= 0.6 is 11.6 Å². The molecule has 0 saturated carbocycles. The van der Waals surface area contributed by atoms with Gasteiger partial charge in [0, 0.05) is 23.8 Å². The molecule has 146 valence electrons. The number of amides is 2. The van der Waals surface area contributed by atoms with Gasteiger partial charge in [0.2, 0.25) is 0 Å². The van der Waals surface area contributed by atoms with Crippen LogP contribution in [0.5, 0.6) is 0 Å². The second kappa shape index (κ2) is 9.58. The molecule has 1 aliphatic heterocycles. The van der Waals surface area contributed by atoms with Gasteiger partial charge in [0.25, 0.3) is 0 Å². The molecular formula is C20H26ClN3O3. The van der Waals surface area contributed by atoms with Gasteiger partial charge < -0.3 is 15.0 Å². The molecule has 2 amide bonds. The number of carbonyl (C=O) groups is 2. The number of hydrogen-bond donors (Lipinski definition) is 1. The van der Waals surface area contributed by atoms with Gasteiger partial charge in [0.05, 0.1) is 18.2 Å². The van der Waals surface area contributed by atoms with Crippen LogP contribution in [0.15, 0.2) is 48.2 Å². The summed E-state index contributed by atoms with van der Waals surface area (Å²) in [6.07, 6.45) is 1.64. The van der Waals surface area contributed by atoms with Crippen molar-refractivity contribution >= 4 is 23.6 Å². The lowest BCUT2D eigenvalue weighted by atomic mass is 9.94. The van der Waals surface area contributed by atoms with Gasteiger partial charge >= 0.3 is 12.0 Å². The van der Waals surface area contributed by atoms with Gasteiger partial charge in [-0.1, -0.05) is 36.7 Å². The van der Waals surface area contributed by atoms with Crippen molar-refractivity contribution in [3.63, 3.8) is 0 Å². The summed E-state index contributed by atoms with van der Waals surface area (Å²) in [5, 5.41) is 3.50. The van der Waals surface area contributed by atoms with Gasteiger partial charge in [0.15, 0.2) is 0 Å². The Morgan fingerprint density at radius 3 is 2.59 bits per heavy atom. The van der Waals surface area contributed by atoms with E-state index in [0.29, 0.717) is 29.4 Å². The van der Waals surface area contributed by atoms with E-state index in [1.807, 2.05) is 18.9 Å². The molecule has 1 aromatic rings. The Hall–Kier alpha value is -2.31. The van der Waals surface area contributed by atoms with Crippen molar-refractivity contribution in [3.8, 4) is 0 Å². The fraction of sp³-hybridized carbons (Fsp3) is 0.400. The molecule has 27 heavy (non-hydrogen) atoms. The molecule has 0 spiro atoms. The molecule has 0 radical (unpaired) electrons. The maximum absolute atomic E-state index is 12.9. The van der Waals surface area contributed by atoms with Crippen LogP contribution in [0.1, 0.15) is 25.5 Å². The third kappa shape index (κ3) is 4.90. The zero-order chi connectivity index (χ0) is 20.0. The van der Waals surface area contributed by atoms with Gasteiger partial charge in [0.1, 0.15) is 0 Å². The summed E-state index contributed by atoms with van der Waals surface area (Å²) in [6, 6.07) is 6.20. The quantitative estimate of drug-likeness (QED) is 0.545. The fourth-order valence-electron chi connectivity index (χ4n) is 2.92. The normalized spacial score (nSPS) is 17.1. The Kier molecular flexibility index (Phi) is 7.45. The average Bonchev–Trinajstić information content (AvgIpc) is 2.64. The van der Waals surface area contributed by atoms with Crippen molar-refractivity contribution in [3.05, 3.63) is 58.8 Å². The number of ether oxygens (including phenoxy) is 1. The van der Waals surface area contributed by atoms with Gasteiger partial charge in [-0.05, 0) is 38.2 Å². The summed E-state index contributed by atoms with van der Waals surface area (Å²) in [5.74, 6) is -0.439. The number of urea groups is 1. The van der Waals surface area contributed by atoms with Crippen LogP contribution < -0.4 is 5.32 Å². The number of rotatable bonds is 8. The Bertz CT molecular complexity index is 730. The second-order valence-electron chi connectivity index (χ2n) is 6.24. The minimum absolute atomic E-state index is 0.252. The van der Waals surface area contributed by atoms with E-state index in [4.69, 9.17) is 16.3 Å². The van der Waals surface area contributed by atoms with Gasteiger partial charge in [-0.3, -0.25) is 4.90 Å². The van der Waals surface area contributed by atoms with Crippen LogP contribution in [0.3, 0.4) is 0 Å². The van der Waals surface area contributed by atoms with Crippen molar-refractivity contribution in [2.24, 2.45) is 0 Å². The molecule has 1 atom stereocenters. The van der Waals surface area contributed by atoms with Crippen molar-refractivity contribution in [2.45, 2.75) is 19.9 Å². The lowest BCUT2D eigenvalue weighted by Gasteiger charge is -2.37. The topological polar surface area (TPSA) is 61.9 Å². The first kappa shape index (κ1) is 21.0. The molecule has 7 heteroatoms. The highest BCUT2D eigenvalue weighted by Gasteiger charge is 2.38. The third-order valence-corrected chi connectivity index (χ3v) is 4.66. The summed E-state index contributed by atoms with van der Waals surface area (Å²) >= 11 is 5.99. The molecule has 0 saturated heterocycles. The molecule has 1 unspecified atom stereocenters. The monoisotopic (exact) mass is 391 g/mol.